The van der Waals surface area contributed by atoms with E-state index in [1.807, 2.05) is 100 Å². The van der Waals surface area contributed by atoms with Gasteiger partial charge in [0.05, 0.1) is 25.3 Å². The lowest BCUT2D eigenvalue weighted by Crippen LogP contribution is -2.51. The van der Waals surface area contributed by atoms with E-state index in [1.54, 1.807) is 0 Å². The Kier molecular flexibility index (Phi) is 12.3. The van der Waals surface area contributed by atoms with Gasteiger partial charge in [-0.2, -0.15) is 0 Å². The van der Waals surface area contributed by atoms with Gasteiger partial charge in [0.1, 0.15) is 23.9 Å². The zero-order valence-electron chi connectivity index (χ0n) is 28.1. The van der Waals surface area contributed by atoms with Gasteiger partial charge >= 0.3 is 11.9 Å². The highest BCUT2D eigenvalue weighted by atomic mass is 16.5. The van der Waals surface area contributed by atoms with Crippen molar-refractivity contribution in [2.75, 3.05) is 26.3 Å². The van der Waals surface area contributed by atoms with Crippen molar-refractivity contribution in [2.45, 2.75) is 91.4 Å². The quantitative estimate of drug-likeness (QED) is 0.230. The zero-order chi connectivity index (χ0) is 33.4. The lowest BCUT2D eigenvalue weighted by atomic mass is 9.81. The van der Waals surface area contributed by atoms with E-state index >= 15 is 0 Å². The maximum atomic E-state index is 14.2. The van der Waals surface area contributed by atoms with Crippen LogP contribution in [0, 0.1) is 25.7 Å². The van der Waals surface area contributed by atoms with Gasteiger partial charge in [0.15, 0.2) is 0 Å². The van der Waals surface area contributed by atoms with Crippen molar-refractivity contribution in [1.29, 1.82) is 0 Å². The van der Waals surface area contributed by atoms with Gasteiger partial charge in [-0.05, 0) is 51.7 Å². The average Bonchev–Trinajstić information content (AvgIpc) is 3.55. The van der Waals surface area contributed by atoms with Crippen LogP contribution in [-0.4, -0.2) is 72.2 Å². The van der Waals surface area contributed by atoms with E-state index in [0.29, 0.717) is 25.9 Å². The van der Waals surface area contributed by atoms with Crippen molar-refractivity contribution in [3.05, 3.63) is 70.8 Å². The van der Waals surface area contributed by atoms with Crippen molar-refractivity contribution in [3.8, 4) is 0 Å². The molecule has 6 atom stereocenters. The molecular weight excluding hydrogens is 584 g/mol. The molecule has 4 rings (SSSR count). The predicted molar refractivity (Wildman–Crippen MR) is 175 cm³/mol. The van der Waals surface area contributed by atoms with Crippen LogP contribution in [0.1, 0.15) is 87.7 Å². The van der Waals surface area contributed by atoms with Gasteiger partial charge in [-0.15, -0.1) is 0 Å². The van der Waals surface area contributed by atoms with E-state index in [2.05, 4.69) is 10.6 Å². The van der Waals surface area contributed by atoms with Gasteiger partial charge in [-0.1, -0.05) is 86.3 Å². The molecule has 0 unspecified atom stereocenters. The van der Waals surface area contributed by atoms with Crippen molar-refractivity contribution in [1.82, 2.24) is 20.7 Å². The zero-order valence-corrected chi connectivity index (χ0v) is 28.1. The lowest BCUT2D eigenvalue weighted by Gasteiger charge is -2.33. The van der Waals surface area contributed by atoms with Crippen molar-refractivity contribution in [3.63, 3.8) is 0 Å². The second-order valence-corrected chi connectivity index (χ2v) is 12.2. The number of amides is 2. The third-order valence-corrected chi connectivity index (χ3v) is 8.87. The molecule has 2 amide bonds. The summed E-state index contributed by atoms with van der Waals surface area (Å²) in [6.45, 7) is 12.8. The molecule has 2 saturated heterocycles. The van der Waals surface area contributed by atoms with Crippen molar-refractivity contribution < 1.29 is 28.7 Å². The number of benzene rings is 2. The van der Waals surface area contributed by atoms with Gasteiger partial charge in [0.2, 0.25) is 11.8 Å². The molecule has 0 spiro atoms. The smallest absolute Gasteiger partial charge is 0.313 e. The molecule has 46 heavy (non-hydrogen) atoms. The largest absolute Gasteiger partial charge is 0.465 e. The summed E-state index contributed by atoms with van der Waals surface area (Å²) >= 11 is 0. The first-order valence-electron chi connectivity index (χ1n) is 16.8. The maximum absolute atomic E-state index is 14.2. The summed E-state index contributed by atoms with van der Waals surface area (Å²) < 4.78 is 11.7. The summed E-state index contributed by atoms with van der Waals surface area (Å²) in [6.07, 6.45) is 3.06. The Hall–Kier alpha value is -3.76. The molecule has 2 fully saturated rings. The molecule has 0 radical (unpaired) electrons. The molecule has 0 saturated carbocycles. The van der Waals surface area contributed by atoms with E-state index in [-0.39, 0.29) is 25.0 Å². The molecule has 2 aliphatic rings. The third-order valence-electron chi connectivity index (χ3n) is 8.87. The topological polar surface area (TPSA) is 117 Å². The fourth-order valence-electron chi connectivity index (χ4n) is 6.64. The second kappa shape index (κ2) is 16.2. The fourth-order valence-corrected chi connectivity index (χ4v) is 6.64. The van der Waals surface area contributed by atoms with Gasteiger partial charge in [0, 0.05) is 13.1 Å². The van der Waals surface area contributed by atoms with Crippen LogP contribution in [0.15, 0.2) is 48.5 Å². The van der Waals surface area contributed by atoms with Gasteiger partial charge in [0.25, 0.3) is 0 Å². The fraction of sp³-hybridized carbons (Fsp3) is 0.556. The normalized spacial score (nSPS) is 24.3. The van der Waals surface area contributed by atoms with Crippen molar-refractivity contribution >= 4 is 23.8 Å². The first-order valence-corrected chi connectivity index (χ1v) is 16.8. The minimum absolute atomic E-state index is 0.224. The molecule has 10 heteroatoms. The molecule has 0 aliphatic carbocycles. The third kappa shape index (κ3) is 7.28. The SMILES string of the molecule is CCCCOC(=O)[C@@H]1[C@@H](C(=O)NCC)N2[C@@H](c3ccc(C)cc3)[C@H](C(=O)OCCCC)[C@H](C(=O)NCC)N2[C@@H]1c1ccc(C)cc1. The number of carbonyl (C=O) groups is 4. The predicted octanol–water partition coefficient (Wildman–Crippen LogP) is 4.56. The first-order chi connectivity index (χ1) is 22.2. The van der Waals surface area contributed by atoms with Crippen LogP contribution >= 0.6 is 0 Å². The van der Waals surface area contributed by atoms with Crippen LogP contribution in [0.4, 0.5) is 0 Å². The number of nitrogens with zero attached hydrogens (tertiary/aromatic N) is 2. The molecule has 2 aromatic rings. The Balaban J connectivity index is 2.00. The maximum Gasteiger partial charge on any atom is 0.313 e. The standard InChI is InChI=1S/C36H50N4O6/c1-7-11-21-45-35(43)27-29(25-17-13-23(5)14-18-25)39-32(34(42)38-10-4)28(36(44)46-22-12-8-2)30(26-19-15-24(6)16-20-26)40(39)31(27)33(41)37-9-3/h13-20,27-32H,7-12,21-22H2,1-6H3,(H,37,41)(H,38,42)/t27-,28-,29-,30+,31+,32-/m0/s1. The Morgan fingerprint density at radius 2 is 0.957 bits per heavy atom. The van der Waals surface area contributed by atoms with Gasteiger partial charge in [-0.3, -0.25) is 19.2 Å². The second-order valence-electron chi connectivity index (χ2n) is 12.2. The Morgan fingerprint density at radius 3 is 1.26 bits per heavy atom. The lowest BCUT2D eigenvalue weighted by molar-refractivity contribution is -0.155. The number of nitrogens with one attached hydrogen (secondary N) is 2. The Labute approximate surface area is 273 Å². The number of hydrogen-bond donors (Lipinski definition) is 2. The van der Waals surface area contributed by atoms with Crippen LogP contribution in [0.5, 0.6) is 0 Å². The minimum atomic E-state index is -1.06. The number of aryl methyl sites for hydroxylation is 2. The minimum Gasteiger partial charge on any atom is -0.465 e. The number of esters is 2. The molecule has 2 heterocycles. The van der Waals surface area contributed by atoms with Gasteiger partial charge < -0.3 is 20.1 Å². The number of ether oxygens (including phenoxy) is 2. The molecule has 10 nitrogen and oxygen atoms in total. The molecule has 2 N–H and O–H groups in total. The molecule has 2 aliphatic heterocycles. The number of fused-ring (bicyclic) bond motifs is 1. The number of unbranched alkanes of at least 4 members (excludes halogenated alkanes) is 2. The van der Waals surface area contributed by atoms with Crippen LogP contribution in [-0.2, 0) is 28.7 Å². The van der Waals surface area contributed by atoms with Crippen LogP contribution in [0.25, 0.3) is 0 Å². The number of likely N-dealkylation sites (N-methyl/N-ethyl adjacent to an activating group) is 2. The highest BCUT2D eigenvalue weighted by Crippen LogP contribution is 2.55. The monoisotopic (exact) mass is 634 g/mol. The van der Waals surface area contributed by atoms with Crippen LogP contribution in [0.2, 0.25) is 0 Å². The molecule has 0 bridgehead atoms. The summed E-state index contributed by atoms with van der Waals surface area (Å²) in [6, 6.07) is 11.8. The van der Waals surface area contributed by atoms with E-state index in [9.17, 15) is 19.2 Å². The molecule has 2 aromatic carbocycles. The summed E-state index contributed by atoms with van der Waals surface area (Å²) in [5.41, 5.74) is 3.55. The van der Waals surface area contributed by atoms with E-state index in [4.69, 9.17) is 9.47 Å². The van der Waals surface area contributed by atoms with E-state index in [1.165, 1.54) is 0 Å². The number of hydrazine groups is 1. The van der Waals surface area contributed by atoms with E-state index in [0.717, 1.165) is 35.1 Å². The highest BCUT2D eigenvalue weighted by molar-refractivity contribution is 5.93. The van der Waals surface area contributed by atoms with E-state index < -0.39 is 47.9 Å². The summed E-state index contributed by atoms with van der Waals surface area (Å²) in [4.78, 5) is 56.7. The average molecular weight is 635 g/mol. The highest BCUT2D eigenvalue weighted by Gasteiger charge is 2.68. The Bertz CT molecular complexity index is 1240. The van der Waals surface area contributed by atoms with Crippen LogP contribution in [0.3, 0.4) is 0 Å². The summed E-state index contributed by atoms with van der Waals surface area (Å²) in [7, 11) is 0. The molecular formula is C36H50N4O6. The van der Waals surface area contributed by atoms with Crippen LogP contribution < -0.4 is 10.6 Å². The summed E-state index contributed by atoms with van der Waals surface area (Å²) in [5.74, 6) is -3.72. The summed E-state index contributed by atoms with van der Waals surface area (Å²) in [5, 5.41) is 9.51. The number of carbonyl (C=O) groups excluding carboxylic acids is 4. The van der Waals surface area contributed by atoms with Crippen molar-refractivity contribution in [2.24, 2.45) is 11.8 Å². The number of rotatable bonds is 14. The molecule has 250 valence electrons. The van der Waals surface area contributed by atoms with Gasteiger partial charge in [-0.25, -0.2) is 10.0 Å². The number of hydrogen-bond acceptors (Lipinski definition) is 8. The Morgan fingerprint density at radius 1 is 0.609 bits per heavy atom. The molecule has 0 aromatic heterocycles. The first kappa shape index (κ1) is 35.1.